The van der Waals surface area contributed by atoms with Crippen LogP contribution >= 0.6 is 11.6 Å². The van der Waals surface area contributed by atoms with Crippen molar-refractivity contribution in [1.82, 2.24) is 10.9 Å². The third kappa shape index (κ3) is 5.20. The quantitative estimate of drug-likeness (QED) is 0.635. The third-order valence-electron chi connectivity index (χ3n) is 3.91. The highest BCUT2D eigenvalue weighted by Crippen LogP contribution is 2.38. The first-order valence-electron chi connectivity index (χ1n) is 8.59. The highest BCUT2D eigenvalue weighted by atomic mass is 35.5. The Balaban J connectivity index is 1.44. The number of carbonyl (C=O) groups is 2. The Labute approximate surface area is 167 Å². The molecule has 2 aromatic rings. The van der Waals surface area contributed by atoms with Crippen molar-refractivity contribution in [2.24, 2.45) is 0 Å². The molecular formula is C19H20ClN3O5. The number of hydrogen-bond donors (Lipinski definition) is 3. The summed E-state index contributed by atoms with van der Waals surface area (Å²) in [4.78, 5) is 23.9. The van der Waals surface area contributed by atoms with Crippen LogP contribution in [0.25, 0.3) is 0 Å². The molecule has 1 heterocycles. The Hall–Kier alpha value is -3.13. The second-order valence-corrected chi connectivity index (χ2v) is 6.36. The van der Waals surface area contributed by atoms with Crippen LogP contribution in [0, 0.1) is 0 Å². The van der Waals surface area contributed by atoms with Crippen molar-refractivity contribution in [2.75, 3.05) is 32.2 Å². The number of nitrogens with one attached hydrogen (secondary N) is 3. The van der Waals surface area contributed by atoms with Gasteiger partial charge in [0, 0.05) is 5.69 Å². The summed E-state index contributed by atoms with van der Waals surface area (Å²) in [5.41, 5.74) is 6.14. The molecule has 0 unspecified atom stereocenters. The van der Waals surface area contributed by atoms with Gasteiger partial charge >= 0.3 is 0 Å². The fraction of sp³-hybridized carbons (Fsp3) is 0.263. The van der Waals surface area contributed by atoms with Gasteiger partial charge in [0.15, 0.2) is 11.5 Å². The van der Waals surface area contributed by atoms with Crippen LogP contribution in [0.2, 0.25) is 5.02 Å². The zero-order valence-electron chi connectivity index (χ0n) is 15.2. The van der Waals surface area contributed by atoms with E-state index in [0.29, 0.717) is 35.3 Å². The van der Waals surface area contributed by atoms with E-state index in [1.54, 1.807) is 43.5 Å². The van der Waals surface area contributed by atoms with Crippen molar-refractivity contribution in [2.45, 2.75) is 6.42 Å². The SMILES string of the molecule is COc1ccc(NCC(=O)NNC(=O)Cc2cc(Cl)c3c(c2)OCCO3)cc1. The van der Waals surface area contributed by atoms with E-state index in [9.17, 15) is 9.59 Å². The standard InChI is InChI=1S/C19H20ClN3O5/c1-26-14-4-2-13(3-5-14)21-11-18(25)23-22-17(24)10-12-8-15(20)19-16(9-12)27-6-7-28-19/h2-5,8-9,21H,6-7,10-11H2,1H3,(H,22,24)(H,23,25). The molecule has 3 rings (SSSR count). The normalized spacial score (nSPS) is 12.1. The summed E-state index contributed by atoms with van der Waals surface area (Å²) < 4.78 is 16.0. The van der Waals surface area contributed by atoms with Crippen LogP contribution in [0.1, 0.15) is 5.56 Å². The maximum atomic E-state index is 12.1. The van der Waals surface area contributed by atoms with Crippen LogP contribution in [-0.2, 0) is 16.0 Å². The summed E-state index contributed by atoms with van der Waals surface area (Å²) in [5, 5.41) is 3.33. The number of rotatable bonds is 6. The van der Waals surface area contributed by atoms with Gasteiger partial charge in [-0.05, 0) is 42.0 Å². The van der Waals surface area contributed by atoms with Gasteiger partial charge in [0.1, 0.15) is 19.0 Å². The zero-order chi connectivity index (χ0) is 19.9. The third-order valence-corrected chi connectivity index (χ3v) is 4.19. The molecule has 0 aromatic heterocycles. The maximum absolute atomic E-state index is 12.1. The number of hydrazine groups is 1. The number of anilines is 1. The molecule has 2 aromatic carbocycles. The Morgan fingerprint density at radius 3 is 2.54 bits per heavy atom. The molecule has 0 saturated heterocycles. The molecular weight excluding hydrogens is 386 g/mol. The van der Waals surface area contributed by atoms with E-state index in [2.05, 4.69) is 16.2 Å². The van der Waals surface area contributed by atoms with Gasteiger partial charge in [0.05, 0.1) is 25.1 Å². The number of methoxy groups -OCH3 is 1. The number of fused-ring (bicyclic) bond motifs is 1. The first-order chi connectivity index (χ1) is 13.5. The lowest BCUT2D eigenvalue weighted by atomic mass is 10.1. The molecule has 0 radical (unpaired) electrons. The van der Waals surface area contributed by atoms with E-state index < -0.39 is 0 Å². The van der Waals surface area contributed by atoms with Gasteiger partial charge in [-0.15, -0.1) is 0 Å². The second kappa shape index (κ2) is 9.18. The molecule has 0 aliphatic carbocycles. The molecule has 0 atom stereocenters. The van der Waals surface area contributed by atoms with Crippen LogP contribution in [0.15, 0.2) is 36.4 Å². The second-order valence-electron chi connectivity index (χ2n) is 5.96. The average Bonchev–Trinajstić information content (AvgIpc) is 2.71. The largest absolute Gasteiger partial charge is 0.497 e. The summed E-state index contributed by atoms with van der Waals surface area (Å²) >= 11 is 6.15. The van der Waals surface area contributed by atoms with Gasteiger partial charge < -0.3 is 19.5 Å². The van der Waals surface area contributed by atoms with Crippen LogP contribution in [0.4, 0.5) is 5.69 Å². The van der Waals surface area contributed by atoms with Gasteiger partial charge in [-0.1, -0.05) is 11.6 Å². The molecule has 148 valence electrons. The molecule has 8 nitrogen and oxygen atoms in total. The predicted molar refractivity (Wildman–Crippen MR) is 104 cm³/mol. The van der Waals surface area contributed by atoms with Crippen LogP contribution in [0.3, 0.4) is 0 Å². The molecule has 1 aliphatic heterocycles. The maximum Gasteiger partial charge on any atom is 0.257 e. The van der Waals surface area contributed by atoms with Crippen molar-refractivity contribution in [1.29, 1.82) is 0 Å². The van der Waals surface area contributed by atoms with Crippen molar-refractivity contribution >= 4 is 29.1 Å². The molecule has 0 spiro atoms. The van der Waals surface area contributed by atoms with E-state index >= 15 is 0 Å². The molecule has 0 saturated carbocycles. The minimum Gasteiger partial charge on any atom is -0.497 e. The fourth-order valence-electron chi connectivity index (χ4n) is 2.57. The van der Waals surface area contributed by atoms with Gasteiger partial charge in [-0.25, -0.2) is 0 Å². The van der Waals surface area contributed by atoms with Crippen molar-refractivity contribution in [3.63, 3.8) is 0 Å². The van der Waals surface area contributed by atoms with Crippen LogP contribution in [-0.4, -0.2) is 38.7 Å². The number of hydrogen-bond acceptors (Lipinski definition) is 6. The summed E-state index contributed by atoms with van der Waals surface area (Å²) in [6.45, 7) is 0.863. The van der Waals surface area contributed by atoms with E-state index in [4.69, 9.17) is 25.8 Å². The minimum atomic E-state index is -0.385. The summed E-state index contributed by atoms with van der Waals surface area (Å²) in [7, 11) is 1.58. The van der Waals surface area contributed by atoms with Crippen molar-refractivity contribution in [3.8, 4) is 17.2 Å². The number of carbonyl (C=O) groups excluding carboxylic acids is 2. The first kappa shape index (κ1) is 19.6. The number of ether oxygens (including phenoxy) is 3. The van der Waals surface area contributed by atoms with Gasteiger partial charge in [0.25, 0.3) is 5.91 Å². The lowest BCUT2D eigenvalue weighted by molar-refractivity contribution is -0.127. The Morgan fingerprint density at radius 2 is 1.79 bits per heavy atom. The van der Waals surface area contributed by atoms with Gasteiger partial charge in [-0.3, -0.25) is 20.4 Å². The number of amides is 2. The van der Waals surface area contributed by atoms with E-state index in [0.717, 1.165) is 11.4 Å². The monoisotopic (exact) mass is 405 g/mol. The number of halogens is 1. The Kier molecular flexibility index (Phi) is 6.44. The molecule has 9 heteroatoms. The predicted octanol–water partition coefficient (Wildman–Crippen LogP) is 1.92. The highest BCUT2D eigenvalue weighted by molar-refractivity contribution is 6.32. The summed E-state index contributed by atoms with van der Waals surface area (Å²) in [6, 6.07) is 10.5. The lowest BCUT2D eigenvalue weighted by Gasteiger charge is -2.20. The smallest absolute Gasteiger partial charge is 0.257 e. The van der Waals surface area contributed by atoms with E-state index in [1.165, 1.54) is 0 Å². The van der Waals surface area contributed by atoms with E-state index in [-0.39, 0.29) is 24.8 Å². The molecule has 28 heavy (non-hydrogen) atoms. The summed E-state index contributed by atoms with van der Waals surface area (Å²) in [6.07, 6.45) is 0.0303. The number of benzene rings is 2. The van der Waals surface area contributed by atoms with Crippen LogP contribution in [0.5, 0.6) is 17.2 Å². The summed E-state index contributed by atoms with van der Waals surface area (Å²) in [5.74, 6) is 0.945. The molecule has 0 bridgehead atoms. The van der Waals surface area contributed by atoms with Crippen molar-refractivity contribution in [3.05, 3.63) is 47.0 Å². The Morgan fingerprint density at radius 1 is 1.07 bits per heavy atom. The van der Waals surface area contributed by atoms with Crippen LogP contribution < -0.4 is 30.4 Å². The molecule has 1 aliphatic rings. The van der Waals surface area contributed by atoms with Gasteiger partial charge in [-0.2, -0.15) is 0 Å². The molecule has 3 N–H and O–H groups in total. The van der Waals surface area contributed by atoms with Gasteiger partial charge in [0.2, 0.25) is 5.91 Å². The zero-order valence-corrected chi connectivity index (χ0v) is 16.0. The molecule has 2 amide bonds. The van der Waals surface area contributed by atoms with Crippen molar-refractivity contribution < 1.29 is 23.8 Å². The Bertz CT molecular complexity index is 857. The topological polar surface area (TPSA) is 97.9 Å². The average molecular weight is 406 g/mol. The first-order valence-corrected chi connectivity index (χ1v) is 8.96. The molecule has 0 fully saturated rings. The minimum absolute atomic E-state index is 0.00244. The van der Waals surface area contributed by atoms with E-state index in [1.807, 2.05) is 0 Å². The fourth-order valence-corrected chi connectivity index (χ4v) is 2.86. The lowest BCUT2D eigenvalue weighted by Crippen LogP contribution is -2.44. The highest BCUT2D eigenvalue weighted by Gasteiger charge is 2.17.